The summed E-state index contributed by atoms with van der Waals surface area (Å²) in [6.45, 7) is 0. The van der Waals surface area contributed by atoms with E-state index in [0.29, 0.717) is 16.3 Å². The molecule has 0 saturated heterocycles. The molecule has 28 heavy (non-hydrogen) atoms. The van der Waals surface area contributed by atoms with E-state index in [2.05, 4.69) is 10.6 Å². The third-order valence-corrected chi connectivity index (χ3v) is 4.84. The van der Waals surface area contributed by atoms with Crippen molar-refractivity contribution in [1.82, 2.24) is 5.32 Å². The Bertz CT molecular complexity index is 919. The molecule has 0 heterocycles. The highest BCUT2D eigenvalue weighted by Crippen LogP contribution is 2.28. The number of benzene rings is 3. The number of carbonyl (C=O) groups is 2. The predicted octanol–water partition coefficient (Wildman–Crippen LogP) is 4.86. The fourth-order valence-corrected chi connectivity index (χ4v) is 3.31. The van der Waals surface area contributed by atoms with Crippen LogP contribution in [0.5, 0.6) is 0 Å². The largest absolute Gasteiger partial charge is 0.355 e. The lowest BCUT2D eigenvalue weighted by Crippen LogP contribution is -2.20. The fraction of sp³-hybridized carbons (Fsp3) is 0.130. The van der Waals surface area contributed by atoms with Crippen LogP contribution in [0.3, 0.4) is 0 Å². The smallest absolute Gasteiger partial charge is 0.252 e. The molecule has 5 heteroatoms. The van der Waals surface area contributed by atoms with Gasteiger partial charge in [0.25, 0.3) is 5.91 Å². The summed E-state index contributed by atoms with van der Waals surface area (Å²) in [5, 5.41) is 5.76. The molecule has 2 N–H and O–H groups in total. The molecule has 3 rings (SSSR count). The van der Waals surface area contributed by atoms with Crippen LogP contribution in [0, 0.1) is 0 Å². The average Bonchev–Trinajstić information content (AvgIpc) is 2.74. The summed E-state index contributed by atoms with van der Waals surface area (Å²) in [6, 6.07) is 24.8. The van der Waals surface area contributed by atoms with Crippen LogP contribution in [0.4, 0.5) is 5.69 Å². The number of nitrogens with one attached hydrogen (secondary N) is 2. The number of hydrogen-bond donors (Lipinski definition) is 2. The van der Waals surface area contributed by atoms with Crippen molar-refractivity contribution in [3.8, 4) is 0 Å². The Morgan fingerprint density at radius 2 is 1.46 bits per heavy atom. The minimum absolute atomic E-state index is 0.0619. The molecule has 3 aromatic rings. The number of rotatable bonds is 6. The van der Waals surface area contributed by atoms with E-state index in [1.807, 2.05) is 60.7 Å². The maximum atomic E-state index is 12.8. The number of amides is 2. The van der Waals surface area contributed by atoms with Gasteiger partial charge in [0.05, 0.1) is 10.6 Å². The van der Waals surface area contributed by atoms with Crippen LogP contribution in [-0.4, -0.2) is 18.9 Å². The second kappa shape index (κ2) is 9.20. The van der Waals surface area contributed by atoms with Gasteiger partial charge >= 0.3 is 0 Å². The molecule has 0 unspecified atom stereocenters. The van der Waals surface area contributed by atoms with Gasteiger partial charge in [-0.25, -0.2) is 0 Å². The minimum atomic E-state index is -0.299. The molecule has 0 radical (unpaired) electrons. The van der Waals surface area contributed by atoms with Crippen LogP contribution in [0.1, 0.15) is 33.8 Å². The zero-order valence-electron chi connectivity index (χ0n) is 15.5. The van der Waals surface area contributed by atoms with Crippen LogP contribution >= 0.6 is 11.6 Å². The highest BCUT2D eigenvalue weighted by molar-refractivity contribution is 6.34. The Kier molecular flexibility index (Phi) is 6.45. The van der Waals surface area contributed by atoms with Gasteiger partial charge in [-0.15, -0.1) is 0 Å². The Morgan fingerprint density at radius 1 is 0.893 bits per heavy atom. The zero-order chi connectivity index (χ0) is 19.9. The van der Waals surface area contributed by atoms with E-state index in [0.717, 1.165) is 11.1 Å². The average molecular weight is 393 g/mol. The Hall–Kier alpha value is -3.11. The topological polar surface area (TPSA) is 58.2 Å². The van der Waals surface area contributed by atoms with Crippen molar-refractivity contribution >= 4 is 29.1 Å². The van der Waals surface area contributed by atoms with Crippen molar-refractivity contribution in [3.63, 3.8) is 0 Å². The SMILES string of the molecule is CNC(=O)c1cc(NC(=O)CC(c2ccccc2)c2ccccc2)ccc1Cl. The maximum Gasteiger partial charge on any atom is 0.252 e. The van der Waals surface area contributed by atoms with Crippen molar-refractivity contribution in [3.05, 3.63) is 101 Å². The first kappa shape index (κ1) is 19.6. The number of anilines is 1. The van der Waals surface area contributed by atoms with Gasteiger partial charge in [0.1, 0.15) is 0 Å². The van der Waals surface area contributed by atoms with E-state index in [1.165, 1.54) is 7.05 Å². The molecule has 3 aromatic carbocycles. The molecular formula is C23H21ClN2O2. The molecule has 0 aromatic heterocycles. The summed E-state index contributed by atoms with van der Waals surface area (Å²) in [7, 11) is 1.54. The van der Waals surface area contributed by atoms with Gasteiger partial charge in [-0.2, -0.15) is 0 Å². The summed E-state index contributed by atoms with van der Waals surface area (Å²) in [5.41, 5.74) is 3.01. The van der Waals surface area contributed by atoms with Gasteiger partial charge in [-0.1, -0.05) is 72.3 Å². The van der Waals surface area contributed by atoms with Gasteiger partial charge < -0.3 is 10.6 Å². The summed E-state index contributed by atoms with van der Waals surface area (Å²) in [4.78, 5) is 24.7. The standard InChI is InChI=1S/C23H21ClN2O2/c1-25-23(28)20-14-18(12-13-21(20)24)26-22(27)15-19(16-8-4-2-5-9-16)17-10-6-3-7-11-17/h2-14,19H,15H2,1H3,(H,25,28)(H,26,27). The third kappa shape index (κ3) is 4.78. The Morgan fingerprint density at radius 3 is 2.00 bits per heavy atom. The van der Waals surface area contributed by atoms with Gasteiger partial charge in [0.15, 0.2) is 0 Å². The van der Waals surface area contributed by atoms with Crippen molar-refractivity contribution in [2.75, 3.05) is 12.4 Å². The second-order valence-corrected chi connectivity index (χ2v) is 6.81. The van der Waals surface area contributed by atoms with Crippen molar-refractivity contribution in [1.29, 1.82) is 0 Å². The number of carbonyl (C=O) groups excluding carboxylic acids is 2. The molecule has 0 spiro atoms. The highest BCUT2D eigenvalue weighted by Gasteiger charge is 2.19. The minimum Gasteiger partial charge on any atom is -0.355 e. The Balaban J connectivity index is 1.81. The molecule has 0 atom stereocenters. The highest BCUT2D eigenvalue weighted by atomic mass is 35.5. The van der Waals surface area contributed by atoms with Crippen LogP contribution in [0.15, 0.2) is 78.9 Å². The molecule has 0 bridgehead atoms. The van der Waals surface area contributed by atoms with E-state index in [1.54, 1.807) is 18.2 Å². The van der Waals surface area contributed by atoms with Gasteiger partial charge in [0.2, 0.25) is 5.91 Å². The fourth-order valence-electron chi connectivity index (χ4n) is 3.11. The molecule has 142 valence electrons. The lowest BCUT2D eigenvalue weighted by atomic mass is 9.88. The summed E-state index contributed by atoms with van der Waals surface area (Å²) in [5.74, 6) is -0.497. The number of hydrogen-bond acceptors (Lipinski definition) is 2. The summed E-state index contributed by atoms with van der Waals surface area (Å²) in [6.07, 6.45) is 0.284. The van der Waals surface area contributed by atoms with Gasteiger partial charge in [0, 0.05) is 25.1 Å². The maximum absolute atomic E-state index is 12.8. The molecule has 0 aliphatic heterocycles. The zero-order valence-corrected chi connectivity index (χ0v) is 16.2. The monoisotopic (exact) mass is 392 g/mol. The lowest BCUT2D eigenvalue weighted by molar-refractivity contribution is -0.116. The van der Waals surface area contributed by atoms with Gasteiger partial charge in [-0.05, 0) is 29.3 Å². The predicted molar refractivity (Wildman–Crippen MR) is 113 cm³/mol. The van der Waals surface area contributed by atoms with Crippen LogP contribution in [0.2, 0.25) is 5.02 Å². The van der Waals surface area contributed by atoms with E-state index in [-0.39, 0.29) is 24.2 Å². The van der Waals surface area contributed by atoms with E-state index in [9.17, 15) is 9.59 Å². The normalized spacial score (nSPS) is 10.5. The van der Waals surface area contributed by atoms with Crippen molar-refractivity contribution in [2.24, 2.45) is 0 Å². The Labute approximate surface area is 169 Å². The van der Waals surface area contributed by atoms with Crippen LogP contribution in [0.25, 0.3) is 0 Å². The molecule has 0 saturated carbocycles. The van der Waals surface area contributed by atoms with E-state index >= 15 is 0 Å². The molecule has 0 aliphatic carbocycles. The quantitative estimate of drug-likeness (QED) is 0.629. The summed E-state index contributed by atoms with van der Waals surface area (Å²) < 4.78 is 0. The van der Waals surface area contributed by atoms with Crippen molar-refractivity contribution < 1.29 is 9.59 Å². The molecule has 2 amide bonds. The summed E-state index contributed by atoms with van der Waals surface area (Å²) >= 11 is 6.08. The van der Waals surface area contributed by atoms with Crippen LogP contribution < -0.4 is 10.6 Å². The molecule has 0 aliphatic rings. The molecule has 0 fully saturated rings. The first-order chi connectivity index (χ1) is 13.6. The van der Waals surface area contributed by atoms with Gasteiger partial charge in [-0.3, -0.25) is 9.59 Å². The first-order valence-electron chi connectivity index (χ1n) is 9.00. The van der Waals surface area contributed by atoms with E-state index < -0.39 is 0 Å². The van der Waals surface area contributed by atoms with Crippen LogP contribution in [-0.2, 0) is 4.79 Å². The second-order valence-electron chi connectivity index (χ2n) is 6.40. The number of halogens is 1. The molecule has 4 nitrogen and oxygen atoms in total. The van der Waals surface area contributed by atoms with E-state index in [4.69, 9.17) is 11.6 Å². The third-order valence-electron chi connectivity index (χ3n) is 4.52. The molecular weight excluding hydrogens is 372 g/mol. The first-order valence-corrected chi connectivity index (χ1v) is 9.37. The van der Waals surface area contributed by atoms with Crippen molar-refractivity contribution in [2.45, 2.75) is 12.3 Å². The lowest BCUT2D eigenvalue weighted by Gasteiger charge is -2.18.